The Kier molecular flexibility index (Phi) is 10.4. The lowest BCUT2D eigenvalue weighted by Gasteiger charge is -2.25. The zero-order chi connectivity index (χ0) is 45.7. The molecule has 5 nitrogen and oxygen atoms in total. The highest BCUT2D eigenvalue weighted by Crippen LogP contribution is 2.39. The topological polar surface area (TPSA) is 35.9 Å². The molecule has 0 unspecified atom stereocenters. The van der Waals surface area contributed by atoms with Crippen molar-refractivity contribution >= 4 is 32.8 Å². The standard InChI is InChI=1S/C62H52N4O/c1-61(2,3)47-31-34-55-54(38-47)53-33-32-50(40-58(53)66(55)59-37-43(35-36-63-59)41-62(4,5)46-23-13-8-14-24-46)67-49-26-17-25-48(39-49)64-42-65(57-30-16-15-29-56(57)64)60-51(44-19-9-6-10-20-44)27-18-28-52(60)45-21-11-7-12-22-45/h6-40H,41H2,1-5H3. The highest BCUT2D eigenvalue weighted by Gasteiger charge is 2.24. The van der Waals surface area contributed by atoms with E-state index in [9.17, 15) is 0 Å². The third-order valence-corrected chi connectivity index (χ3v) is 13.1. The molecule has 0 spiro atoms. The summed E-state index contributed by atoms with van der Waals surface area (Å²) in [6.07, 6.45) is 6.64. The van der Waals surface area contributed by atoms with Crippen LogP contribution in [0.15, 0.2) is 212 Å². The van der Waals surface area contributed by atoms with E-state index in [4.69, 9.17) is 9.72 Å². The predicted octanol–water partition coefficient (Wildman–Crippen LogP) is 15.1. The monoisotopic (exact) mass is 868 g/mol. The number of ether oxygens (including phenoxy) is 1. The van der Waals surface area contributed by atoms with E-state index in [1.165, 1.54) is 22.1 Å². The first-order valence-electron chi connectivity index (χ1n) is 23.2. The molecular formula is C62H52N4O. The first-order valence-corrected chi connectivity index (χ1v) is 23.2. The summed E-state index contributed by atoms with van der Waals surface area (Å²) in [5.74, 6) is 2.36. The van der Waals surface area contributed by atoms with Gasteiger partial charge in [-0.3, -0.25) is 13.7 Å². The number of nitrogens with zero attached hydrogens (tertiary/aromatic N) is 4. The van der Waals surface area contributed by atoms with Gasteiger partial charge >= 0.3 is 0 Å². The van der Waals surface area contributed by atoms with Gasteiger partial charge in [-0.05, 0) is 111 Å². The molecule has 0 radical (unpaired) electrons. The van der Waals surface area contributed by atoms with E-state index in [1.54, 1.807) is 0 Å². The summed E-state index contributed by atoms with van der Waals surface area (Å²) in [6.45, 7) is 11.4. The number of hydrogen-bond donors (Lipinski definition) is 0. The van der Waals surface area contributed by atoms with Crippen molar-refractivity contribution in [3.8, 4) is 50.9 Å². The van der Waals surface area contributed by atoms with Gasteiger partial charge in [-0.25, -0.2) is 4.98 Å². The van der Waals surface area contributed by atoms with Crippen LogP contribution in [0.1, 0.15) is 51.3 Å². The number of rotatable bonds is 10. The fourth-order valence-electron chi connectivity index (χ4n) is 9.70. The normalized spacial score (nSPS) is 12.0. The summed E-state index contributed by atoms with van der Waals surface area (Å²) in [7, 11) is 0. The Morgan fingerprint density at radius 3 is 1.90 bits per heavy atom. The minimum Gasteiger partial charge on any atom is -0.458 e. The van der Waals surface area contributed by atoms with Crippen LogP contribution in [0.4, 0.5) is 0 Å². The number of pyridine rings is 1. The average molecular weight is 869 g/mol. The number of fused-ring (bicyclic) bond motifs is 4. The summed E-state index contributed by atoms with van der Waals surface area (Å²) in [4.78, 5) is 5.02. The molecule has 11 aromatic rings. The van der Waals surface area contributed by atoms with Crippen molar-refractivity contribution in [1.29, 1.82) is 0 Å². The molecule has 0 saturated heterocycles. The number of para-hydroxylation sites is 3. The smallest absolute Gasteiger partial charge is 0.269 e. The predicted molar refractivity (Wildman–Crippen MR) is 275 cm³/mol. The highest BCUT2D eigenvalue weighted by molar-refractivity contribution is 6.09. The van der Waals surface area contributed by atoms with Crippen LogP contribution >= 0.6 is 0 Å². The van der Waals surface area contributed by atoms with Crippen molar-refractivity contribution in [3.63, 3.8) is 0 Å². The SMILES string of the molecule is CC(C)(C)c1ccc2c(c1)c1ccc(Oc3cccc(-n4[c-][n+](-c5c(-c6ccccc6)cccc5-c5ccccc5)c5ccccc54)c3)cc1n2-c1cc(CC(C)(C)c2ccccc2)ccn1. The van der Waals surface area contributed by atoms with Crippen molar-refractivity contribution < 1.29 is 9.30 Å². The first-order chi connectivity index (χ1) is 32.6. The van der Waals surface area contributed by atoms with Crippen molar-refractivity contribution in [1.82, 2.24) is 14.1 Å². The molecule has 0 saturated carbocycles. The summed E-state index contributed by atoms with van der Waals surface area (Å²) < 4.78 is 13.5. The van der Waals surface area contributed by atoms with Gasteiger partial charge in [-0.2, -0.15) is 0 Å². The molecule has 67 heavy (non-hydrogen) atoms. The molecule has 3 heterocycles. The van der Waals surface area contributed by atoms with Crippen LogP contribution in [0, 0.1) is 6.33 Å². The van der Waals surface area contributed by atoms with Crippen LogP contribution in [0.25, 0.3) is 72.3 Å². The lowest BCUT2D eigenvalue weighted by Crippen LogP contribution is -2.31. The largest absolute Gasteiger partial charge is 0.458 e. The maximum Gasteiger partial charge on any atom is 0.269 e. The number of imidazole rings is 1. The Bertz CT molecular complexity index is 3520. The molecule has 8 aromatic carbocycles. The van der Waals surface area contributed by atoms with E-state index < -0.39 is 0 Å². The Balaban J connectivity index is 1.00. The summed E-state index contributed by atoms with van der Waals surface area (Å²) in [6, 6.07) is 73.1. The lowest BCUT2D eigenvalue weighted by molar-refractivity contribution is -0.571. The van der Waals surface area contributed by atoms with Gasteiger partial charge in [0.05, 0.1) is 33.4 Å². The third-order valence-electron chi connectivity index (χ3n) is 13.1. The highest BCUT2D eigenvalue weighted by atomic mass is 16.5. The van der Waals surface area contributed by atoms with Crippen molar-refractivity contribution in [2.24, 2.45) is 0 Å². The van der Waals surface area contributed by atoms with E-state index in [1.807, 2.05) is 12.3 Å². The van der Waals surface area contributed by atoms with Gasteiger partial charge in [0, 0.05) is 23.0 Å². The minimum atomic E-state index is -0.0550. The molecule has 0 N–H and O–H groups in total. The van der Waals surface area contributed by atoms with Crippen LogP contribution in [-0.4, -0.2) is 14.1 Å². The first kappa shape index (κ1) is 41.7. The second-order valence-corrected chi connectivity index (χ2v) is 19.2. The average Bonchev–Trinajstić information content (AvgIpc) is 3.90. The van der Waals surface area contributed by atoms with Crippen LogP contribution in [0.5, 0.6) is 11.5 Å². The Morgan fingerprint density at radius 1 is 0.522 bits per heavy atom. The van der Waals surface area contributed by atoms with Crippen LogP contribution < -0.4 is 9.30 Å². The molecule has 0 bridgehead atoms. The van der Waals surface area contributed by atoms with Crippen molar-refractivity contribution in [3.05, 3.63) is 235 Å². The Hall–Kier alpha value is -8.02. The maximum atomic E-state index is 6.84. The van der Waals surface area contributed by atoms with Crippen LogP contribution in [0.3, 0.4) is 0 Å². The van der Waals surface area contributed by atoms with Gasteiger partial charge in [-0.1, -0.05) is 180 Å². The van der Waals surface area contributed by atoms with Gasteiger partial charge in [-0.15, -0.1) is 0 Å². The van der Waals surface area contributed by atoms with Gasteiger partial charge in [0.15, 0.2) is 0 Å². The minimum absolute atomic E-state index is 0.00489. The van der Waals surface area contributed by atoms with E-state index in [0.717, 1.165) is 84.8 Å². The second kappa shape index (κ2) is 16.8. The number of benzene rings is 8. The Labute approximate surface area is 392 Å². The van der Waals surface area contributed by atoms with E-state index in [-0.39, 0.29) is 10.8 Å². The fourth-order valence-corrected chi connectivity index (χ4v) is 9.70. The zero-order valence-electron chi connectivity index (χ0n) is 38.6. The van der Waals surface area contributed by atoms with Gasteiger partial charge in [0.2, 0.25) is 0 Å². The fraction of sp³-hybridized carbons (Fsp3) is 0.129. The second-order valence-electron chi connectivity index (χ2n) is 19.2. The molecule has 0 fully saturated rings. The van der Waals surface area contributed by atoms with Crippen molar-refractivity contribution in [2.45, 2.75) is 51.9 Å². The molecule has 0 amide bonds. The van der Waals surface area contributed by atoms with Crippen molar-refractivity contribution in [2.75, 3.05) is 0 Å². The van der Waals surface area contributed by atoms with E-state index in [2.05, 4.69) is 255 Å². The lowest BCUT2D eigenvalue weighted by atomic mass is 9.79. The van der Waals surface area contributed by atoms with Crippen LogP contribution in [0.2, 0.25) is 0 Å². The third kappa shape index (κ3) is 7.87. The van der Waals surface area contributed by atoms with Crippen LogP contribution in [-0.2, 0) is 17.3 Å². The zero-order valence-corrected chi connectivity index (χ0v) is 38.6. The van der Waals surface area contributed by atoms with E-state index >= 15 is 0 Å². The summed E-state index contributed by atoms with van der Waals surface area (Å²) >= 11 is 0. The summed E-state index contributed by atoms with van der Waals surface area (Å²) in [5.41, 5.74) is 14.6. The van der Waals surface area contributed by atoms with E-state index in [0.29, 0.717) is 0 Å². The number of hydrogen-bond acceptors (Lipinski definition) is 2. The molecular weight excluding hydrogens is 817 g/mol. The quantitative estimate of drug-likeness (QED) is 0.101. The molecule has 0 aliphatic carbocycles. The molecule has 0 aliphatic heterocycles. The molecule has 326 valence electrons. The molecule has 0 aliphatic rings. The van der Waals surface area contributed by atoms with Gasteiger partial charge in [0.25, 0.3) is 6.33 Å². The molecule has 3 aromatic heterocycles. The van der Waals surface area contributed by atoms with Gasteiger partial charge in [0.1, 0.15) is 17.3 Å². The molecule has 11 rings (SSSR count). The molecule has 5 heteroatoms. The summed E-state index contributed by atoms with van der Waals surface area (Å²) in [5, 5.41) is 2.35. The van der Waals surface area contributed by atoms with Gasteiger partial charge < -0.3 is 4.74 Å². The number of aromatic nitrogens is 4. The Morgan fingerprint density at radius 2 is 1.18 bits per heavy atom. The molecule has 0 atom stereocenters. The maximum absolute atomic E-state index is 6.84.